The third-order valence-corrected chi connectivity index (χ3v) is 5.38. The molecule has 2 N–H and O–H groups in total. The highest BCUT2D eigenvalue weighted by atomic mass is 16.2. The number of benzene rings is 1. The first kappa shape index (κ1) is 17.0. The summed E-state index contributed by atoms with van der Waals surface area (Å²) in [6.07, 6.45) is 5.12. The highest BCUT2D eigenvalue weighted by molar-refractivity contribution is 5.92. The zero-order valence-electron chi connectivity index (χ0n) is 14.4. The van der Waals surface area contributed by atoms with Crippen LogP contribution in [0.4, 0.5) is 0 Å². The Labute approximate surface area is 143 Å². The fourth-order valence-corrected chi connectivity index (χ4v) is 4.25. The molecule has 24 heavy (non-hydrogen) atoms. The molecule has 1 aromatic rings. The van der Waals surface area contributed by atoms with Crippen LogP contribution in [-0.4, -0.2) is 46.8 Å². The van der Waals surface area contributed by atoms with Gasteiger partial charge in [0.1, 0.15) is 0 Å². The lowest BCUT2D eigenvalue weighted by Gasteiger charge is -2.35. The molecule has 2 heterocycles. The van der Waals surface area contributed by atoms with E-state index in [1.54, 1.807) is 6.07 Å². The summed E-state index contributed by atoms with van der Waals surface area (Å²) < 4.78 is 0. The van der Waals surface area contributed by atoms with Crippen LogP contribution >= 0.6 is 0 Å². The van der Waals surface area contributed by atoms with E-state index in [1.807, 2.05) is 25.1 Å². The average molecular weight is 329 g/mol. The number of nitrogens with zero attached hydrogens (tertiary/aromatic N) is 2. The summed E-state index contributed by atoms with van der Waals surface area (Å²) in [6, 6.07) is 8.36. The molecule has 2 saturated heterocycles. The van der Waals surface area contributed by atoms with Crippen LogP contribution in [0.1, 0.15) is 54.9 Å². The number of nitrogens with two attached hydrogens (primary N) is 1. The van der Waals surface area contributed by atoms with Crippen LogP contribution < -0.4 is 5.73 Å². The number of carbonyl (C=O) groups is 2. The van der Waals surface area contributed by atoms with Gasteiger partial charge in [0.25, 0.3) is 0 Å². The van der Waals surface area contributed by atoms with Crippen molar-refractivity contribution in [3.05, 3.63) is 35.4 Å². The maximum absolute atomic E-state index is 12.2. The topological polar surface area (TPSA) is 66.6 Å². The summed E-state index contributed by atoms with van der Waals surface area (Å²) in [7, 11) is 0. The van der Waals surface area contributed by atoms with Gasteiger partial charge in [-0.2, -0.15) is 0 Å². The van der Waals surface area contributed by atoms with Gasteiger partial charge in [-0.15, -0.1) is 0 Å². The van der Waals surface area contributed by atoms with E-state index in [1.165, 1.54) is 6.42 Å². The Kier molecular flexibility index (Phi) is 5.19. The van der Waals surface area contributed by atoms with Gasteiger partial charge in [-0.3, -0.25) is 14.5 Å². The largest absolute Gasteiger partial charge is 0.366 e. The molecule has 0 saturated carbocycles. The first-order valence-electron chi connectivity index (χ1n) is 9.02. The maximum Gasteiger partial charge on any atom is 0.248 e. The Morgan fingerprint density at radius 3 is 2.67 bits per heavy atom. The minimum atomic E-state index is -0.384. The summed E-state index contributed by atoms with van der Waals surface area (Å²) in [6.45, 7) is 4.71. The number of likely N-dealkylation sites (tertiary alicyclic amines) is 2. The van der Waals surface area contributed by atoms with Crippen molar-refractivity contribution in [2.75, 3.05) is 13.1 Å². The third kappa shape index (κ3) is 3.46. The fraction of sp³-hybridized carbons (Fsp3) is 0.579. The van der Waals surface area contributed by atoms with Crippen molar-refractivity contribution in [1.82, 2.24) is 9.80 Å². The van der Waals surface area contributed by atoms with Crippen LogP contribution in [-0.2, 0) is 11.3 Å². The van der Waals surface area contributed by atoms with Gasteiger partial charge >= 0.3 is 0 Å². The Hall–Kier alpha value is -1.88. The highest BCUT2D eigenvalue weighted by Gasteiger charge is 2.39. The van der Waals surface area contributed by atoms with Crippen LogP contribution in [0.25, 0.3) is 0 Å². The van der Waals surface area contributed by atoms with E-state index in [0.29, 0.717) is 24.1 Å². The predicted molar refractivity (Wildman–Crippen MR) is 93.4 cm³/mol. The molecule has 5 heteroatoms. The SMILES string of the molecule is CCC(=O)N1CCCC1C1CCCN1Cc1cccc(C(N)=O)c1. The maximum atomic E-state index is 12.2. The van der Waals surface area contributed by atoms with Crippen molar-refractivity contribution >= 4 is 11.8 Å². The van der Waals surface area contributed by atoms with E-state index in [9.17, 15) is 9.59 Å². The second kappa shape index (κ2) is 7.34. The zero-order valence-corrected chi connectivity index (χ0v) is 14.4. The molecule has 2 aliphatic rings. The van der Waals surface area contributed by atoms with E-state index in [-0.39, 0.29) is 11.8 Å². The van der Waals surface area contributed by atoms with Gasteiger partial charge in [-0.25, -0.2) is 0 Å². The molecular formula is C19H27N3O2. The number of carbonyl (C=O) groups excluding carboxylic acids is 2. The van der Waals surface area contributed by atoms with E-state index >= 15 is 0 Å². The van der Waals surface area contributed by atoms with Crippen molar-refractivity contribution < 1.29 is 9.59 Å². The van der Waals surface area contributed by atoms with Crippen LogP contribution in [0.3, 0.4) is 0 Å². The first-order chi connectivity index (χ1) is 11.6. The molecule has 0 spiro atoms. The van der Waals surface area contributed by atoms with Gasteiger partial charge in [0.2, 0.25) is 11.8 Å². The molecule has 1 aromatic carbocycles. The van der Waals surface area contributed by atoms with Gasteiger partial charge < -0.3 is 10.6 Å². The monoisotopic (exact) mass is 329 g/mol. The van der Waals surface area contributed by atoms with E-state index in [4.69, 9.17) is 5.73 Å². The molecule has 0 bridgehead atoms. The smallest absolute Gasteiger partial charge is 0.248 e. The van der Waals surface area contributed by atoms with Crippen LogP contribution in [0.15, 0.2) is 24.3 Å². The van der Waals surface area contributed by atoms with Crippen LogP contribution in [0.2, 0.25) is 0 Å². The molecule has 0 aliphatic carbocycles. The number of hydrogen-bond acceptors (Lipinski definition) is 3. The van der Waals surface area contributed by atoms with E-state index in [0.717, 1.165) is 44.5 Å². The van der Waals surface area contributed by atoms with Crippen molar-refractivity contribution in [3.63, 3.8) is 0 Å². The van der Waals surface area contributed by atoms with Crippen molar-refractivity contribution in [1.29, 1.82) is 0 Å². The number of amides is 2. The standard InChI is InChI=1S/C19H27N3O2/c1-2-18(23)22-11-5-9-17(22)16-8-4-10-21(16)13-14-6-3-7-15(12-14)19(20)24/h3,6-7,12,16-17H,2,4-5,8-11,13H2,1H3,(H2,20,24). The Balaban J connectivity index is 1.73. The lowest BCUT2D eigenvalue weighted by molar-refractivity contribution is -0.132. The van der Waals surface area contributed by atoms with E-state index < -0.39 is 0 Å². The molecule has 130 valence electrons. The molecule has 2 amide bonds. The van der Waals surface area contributed by atoms with E-state index in [2.05, 4.69) is 9.80 Å². The fourth-order valence-electron chi connectivity index (χ4n) is 4.25. The normalized spacial score (nSPS) is 24.5. The minimum Gasteiger partial charge on any atom is -0.366 e. The zero-order chi connectivity index (χ0) is 17.1. The van der Waals surface area contributed by atoms with Crippen molar-refractivity contribution in [2.45, 2.75) is 57.7 Å². The quantitative estimate of drug-likeness (QED) is 0.900. The first-order valence-corrected chi connectivity index (χ1v) is 9.02. The molecular weight excluding hydrogens is 302 g/mol. The van der Waals surface area contributed by atoms with Gasteiger partial charge in [0, 0.05) is 37.2 Å². The molecule has 0 aromatic heterocycles. The van der Waals surface area contributed by atoms with Gasteiger partial charge in [-0.05, 0) is 49.9 Å². The average Bonchev–Trinajstić information content (AvgIpc) is 3.23. The molecule has 3 rings (SSSR count). The van der Waals surface area contributed by atoms with Crippen LogP contribution in [0.5, 0.6) is 0 Å². The molecule has 0 radical (unpaired) electrons. The van der Waals surface area contributed by atoms with Crippen LogP contribution in [0, 0.1) is 0 Å². The summed E-state index contributed by atoms with van der Waals surface area (Å²) in [5.41, 5.74) is 7.07. The van der Waals surface area contributed by atoms with Gasteiger partial charge in [0.05, 0.1) is 0 Å². The Morgan fingerprint density at radius 1 is 1.17 bits per heavy atom. The third-order valence-electron chi connectivity index (χ3n) is 5.38. The van der Waals surface area contributed by atoms with Gasteiger partial charge in [0.15, 0.2) is 0 Å². The molecule has 5 nitrogen and oxygen atoms in total. The molecule has 2 atom stereocenters. The predicted octanol–water partition coefficient (Wildman–Crippen LogP) is 2.15. The molecule has 2 aliphatic heterocycles. The molecule has 2 fully saturated rings. The van der Waals surface area contributed by atoms with Crippen molar-refractivity contribution in [3.8, 4) is 0 Å². The van der Waals surface area contributed by atoms with Gasteiger partial charge in [-0.1, -0.05) is 19.1 Å². The lowest BCUT2D eigenvalue weighted by atomic mass is 10.0. The molecule has 2 unspecified atom stereocenters. The summed E-state index contributed by atoms with van der Waals surface area (Å²) >= 11 is 0. The Morgan fingerprint density at radius 2 is 1.92 bits per heavy atom. The highest BCUT2D eigenvalue weighted by Crippen LogP contribution is 2.31. The summed E-state index contributed by atoms with van der Waals surface area (Å²) in [4.78, 5) is 28.2. The number of hydrogen-bond donors (Lipinski definition) is 1. The number of rotatable bonds is 5. The number of primary amides is 1. The summed E-state index contributed by atoms with van der Waals surface area (Å²) in [5, 5.41) is 0. The summed E-state index contributed by atoms with van der Waals surface area (Å²) in [5.74, 6) is -0.106. The Bertz CT molecular complexity index is 616. The minimum absolute atomic E-state index is 0.278. The second-order valence-corrected chi connectivity index (χ2v) is 6.89. The lowest BCUT2D eigenvalue weighted by Crippen LogP contribution is -2.47. The van der Waals surface area contributed by atoms with Crippen molar-refractivity contribution in [2.24, 2.45) is 5.73 Å². The second-order valence-electron chi connectivity index (χ2n) is 6.89.